The molecule has 690 valence electrons. The smallest absolute Gasteiger partial charge is 0.132 e. The van der Waals surface area contributed by atoms with Crippen LogP contribution in [0.5, 0.6) is 23.0 Å². The van der Waals surface area contributed by atoms with E-state index in [4.69, 9.17) is 9.47 Å². The van der Waals surface area contributed by atoms with Crippen molar-refractivity contribution in [2.24, 2.45) is 0 Å². The van der Waals surface area contributed by atoms with Gasteiger partial charge in [0.15, 0.2) is 0 Å². The summed E-state index contributed by atoms with van der Waals surface area (Å²) in [5.41, 5.74) is 46.7. The van der Waals surface area contributed by atoms with Crippen LogP contribution in [0.15, 0.2) is 553 Å². The van der Waals surface area contributed by atoms with E-state index >= 15 is 0 Å². The summed E-state index contributed by atoms with van der Waals surface area (Å²) < 4.78 is 14.4. The van der Waals surface area contributed by atoms with Gasteiger partial charge in [-0.1, -0.05) is 406 Å². The van der Waals surface area contributed by atoms with Crippen molar-refractivity contribution in [3.8, 4) is 134 Å². The quantitative estimate of drug-likeness (QED) is 0.121. The summed E-state index contributed by atoms with van der Waals surface area (Å²) in [5, 5.41) is 0. The fourth-order valence-electron chi connectivity index (χ4n) is 26.8. The minimum Gasteiger partial charge on any atom is -0.457 e. The van der Waals surface area contributed by atoms with Crippen LogP contribution < -0.4 is 19.3 Å². The minimum atomic E-state index is -0.812. The molecule has 0 fully saturated rings. The van der Waals surface area contributed by atoms with Gasteiger partial charge in [-0.15, -0.1) is 0 Å². The first-order chi connectivity index (χ1) is 73.3. The van der Waals surface area contributed by atoms with E-state index < -0.39 is 21.7 Å². The standard InChI is InChI=1S/C142H88N2O2S2/c1-3-31-89(32-4-1)98-81-99(90-33-5-2-6-34-90)83-100(82-98)92-63-68-102(69-64-92)144(106-73-77-114-110-42-10-14-46-118(110)142(130(114)88-106)125-52-20-27-59-137(125)148-138-60-28-21-53-126(138)142)104-71-75-112-108-40-8-12-44-116(108)140(128(112)86-104)121-49-17-24-56-133(121)146-134-84-97(65-78-122(134)140)96-38-30-37-95(80-96)94-36-29-35-93(79-94)91-61-66-101(67-62-91)143(103-70-74-111-107-39-7-11-43-115(107)139(127(111)85-103)119-47-15-22-54-131(119)145-132-55-23-16-48-120(132)139)105-72-76-113-109-41-9-13-45-117(109)141(129(113)87-105)123-50-18-25-57-135(123)147-136-58-26-19-51-124(136)141/h1-88H. The largest absolute Gasteiger partial charge is 0.457 e. The maximum atomic E-state index is 7.45. The number of hydrogen-bond acceptors (Lipinski definition) is 6. The summed E-state index contributed by atoms with van der Waals surface area (Å²) >= 11 is 3.76. The fourth-order valence-corrected chi connectivity index (χ4v) is 29.2. The zero-order chi connectivity index (χ0) is 97.1. The Morgan fingerprint density at radius 3 is 0.682 bits per heavy atom. The molecule has 0 N–H and O–H groups in total. The predicted molar refractivity (Wildman–Crippen MR) is 606 cm³/mol. The molecule has 0 radical (unpaired) electrons. The lowest BCUT2D eigenvalue weighted by atomic mass is 9.66. The first-order valence-corrected chi connectivity index (χ1v) is 52.7. The van der Waals surface area contributed by atoms with Gasteiger partial charge < -0.3 is 19.3 Å². The summed E-state index contributed by atoms with van der Waals surface area (Å²) in [6, 6.07) is 201. The number of anilines is 6. The second kappa shape index (κ2) is 32.7. The zero-order valence-electron chi connectivity index (χ0n) is 80.3. The molecule has 23 aromatic carbocycles. The Morgan fingerprint density at radius 1 is 0.128 bits per heavy atom. The molecule has 23 aromatic rings. The van der Waals surface area contributed by atoms with Gasteiger partial charge >= 0.3 is 0 Å². The number of para-hydroxylation sites is 3. The van der Waals surface area contributed by atoms with Crippen LogP contribution in [0.3, 0.4) is 0 Å². The van der Waals surface area contributed by atoms with Crippen LogP contribution in [-0.2, 0) is 21.7 Å². The maximum absolute atomic E-state index is 7.45. The maximum Gasteiger partial charge on any atom is 0.132 e. The van der Waals surface area contributed by atoms with Crippen LogP contribution in [0.25, 0.3) is 111 Å². The third kappa shape index (κ3) is 12.2. The Balaban J connectivity index is 0.524. The summed E-state index contributed by atoms with van der Waals surface area (Å²) in [7, 11) is 0. The molecule has 4 heterocycles. The summed E-state index contributed by atoms with van der Waals surface area (Å²) in [6.07, 6.45) is 0. The van der Waals surface area contributed by atoms with Crippen LogP contribution in [0, 0.1) is 0 Å². The fraction of sp³-hybridized carbons (Fsp3) is 0.0282. The van der Waals surface area contributed by atoms with E-state index in [2.05, 4.69) is 544 Å². The molecule has 1 atom stereocenters. The highest BCUT2D eigenvalue weighted by Crippen LogP contribution is 2.70. The molecule has 31 rings (SSSR count). The number of fused-ring (bicyclic) bond motifs is 36. The highest BCUT2D eigenvalue weighted by Gasteiger charge is 2.57. The number of rotatable bonds is 12. The average molecular weight is 1920 g/mol. The molecule has 0 bridgehead atoms. The molecule has 0 saturated heterocycles. The Kier molecular flexibility index (Phi) is 18.7. The zero-order valence-corrected chi connectivity index (χ0v) is 82.0. The lowest BCUT2D eigenvalue weighted by Gasteiger charge is -2.40. The normalized spacial score (nSPS) is 14.9. The van der Waals surface area contributed by atoms with Gasteiger partial charge in [-0.2, -0.15) is 0 Å². The van der Waals surface area contributed by atoms with Crippen LogP contribution in [0.4, 0.5) is 34.1 Å². The Morgan fingerprint density at radius 2 is 0.345 bits per heavy atom. The molecule has 4 aliphatic heterocycles. The predicted octanol–water partition coefficient (Wildman–Crippen LogP) is 37.2. The van der Waals surface area contributed by atoms with Crippen LogP contribution in [0.1, 0.15) is 89.0 Å². The van der Waals surface area contributed by atoms with Gasteiger partial charge in [0.1, 0.15) is 23.0 Å². The average Bonchev–Trinajstić information content (AvgIpc) is 1.52. The van der Waals surface area contributed by atoms with Crippen molar-refractivity contribution in [1.29, 1.82) is 0 Å². The molecule has 0 aromatic heterocycles. The minimum absolute atomic E-state index is 0.590. The Labute approximate surface area is 868 Å². The van der Waals surface area contributed by atoms with Gasteiger partial charge in [0, 0.05) is 76.0 Å². The third-order valence-electron chi connectivity index (χ3n) is 32.9. The van der Waals surface area contributed by atoms with Crippen molar-refractivity contribution in [3.05, 3.63) is 623 Å². The first kappa shape index (κ1) is 84.5. The molecule has 4 spiro atoms. The van der Waals surface area contributed by atoms with Gasteiger partial charge in [-0.3, -0.25) is 0 Å². The van der Waals surface area contributed by atoms with Gasteiger partial charge in [0.05, 0.1) is 21.7 Å². The lowest BCUT2D eigenvalue weighted by Crippen LogP contribution is -2.32. The van der Waals surface area contributed by atoms with E-state index in [1.54, 1.807) is 0 Å². The lowest BCUT2D eigenvalue weighted by molar-refractivity contribution is 0.436. The summed E-state index contributed by atoms with van der Waals surface area (Å²) in [4.78, 5) is 10.1. The van der Waals surface area contributed by atoms with Crippen molar-refractivity contribution < 1.29 is 9.47 Å². The van der Waals surface area contributed by atoms with Crippen molar-refractivity contribution in [2.75, 3.05) is 9.80 Å². The number of nitrogens with zero attached hydrogens (tertiary/aromatic N) is 2. The summed E-state index contributed by atoms with van der Waals surface area (Å²) in [6.45, 7) is 0. The molecule has 0 amide bonds. The SMILES string of the molecule is c1ccc(-c2cc(-c3ccccc3)cc(-c3ccc(N(c4ccc5c(c4)C4(c6ccccc6Oc6cc(-c7cccc(-c8cccc(-c9ccc(N(c%10ccc%11c(c%10)C%10(c%12ccccc%12Oc%12ccccc%12%10)c%10ccccc%10-%11)c%10ccc%11c(c%10)C%10(c%12ccccc%12Sc%12ccccc%12%10)c%10ccccc%10-%11)cc9)c8)c7)ccc64)c4ccccc4-5)c4ccc5c(c4)C4(c6ccccc6Sc6ccccc64)c4ccccc4-5)cc3)c2)cc1. The van der Waals surface area contributed by atoms with Gasteiger partial charge in [0.25, 0.3) is 0 Å². The topological polar surface area (TPSA) is 24.9 Å². The van der Waals surface area contributed by atoms with E-state index in [9.17, 15) is 0 Å². The number of ether oxygens (including phenoxy) is 2. The molecular weight excluding hydrogens is 1830 g/mol. The second-order valence-corrected chi connectivity index (χ2v) is 42.3. The second-order valence-electron chi connectivity index (χ2n) is 40.2. The van der Waals surface area contributed by atoms with Crippen molar-refractivity contribution in [3.63, 3.8) is 0 Å². The van der Waals surface area contributed by atoms with E-state index in [0.29, 0.717) is 0 Å². The van der Waals surface area contributed by atoms with Gasteiger partial charge in [-0.05, 0) is 330 Å². The molecule has 8 aliphatic rings. The van der Waals surface area contributed by atoms with E-state index in [0.717, 1.165) is 124 Å². The molecule has 148 heavy (non-hydrogen) atoms. The Hall–Kier alpha value is -18.0. The van der Waals surface area contributed by atoms with E-state index in [-0.39, 0.29) is 0 Å². The molecule has 4 nitrogen and oxygen atoms in total. The van der Waals surface area contributed by atoms with Crippen molar-refractivity contribution in [1.82, 2.24) is 0 Å². The van der Waals surface area contributed by atoms with Crippen molar-refractivity contribution in [2.45, 2.75) is 41.2 Å². The number of hydrogen-bond donors (Lipinski definition) is 0. The highest BCUT2D eigenvalue weighted by atomic mass is 32.2. The highest BCUT2D eigenvalue weighted by molar-refractivity contribution is 7.99. The molecule has 1 unspecified atom stereocenters. The molecule has 4 aliphatic carbocycles. The molecule has 6 heteroatoms. The number of benzene rings is 23. The molecular formula is C142H88N2O2S2. The monoisotopic (exact) mass is 1920 g/mol. The first-order valence-electron chi connectivity index (χ1n) is 51.1. The third-order valence-corrected chi connectivity index (χ3v) is 35.2. The van der Waals surface area contributed by atoms with Gasteiger partial charge in [-0.25, -0.2) is 0 Å². The molecule has 0 saturated carbocycles. The van der Waals surface area contributed by atoms with Gasteiger partial charge in [0.2, 0.25) is 0 Å². The van der Waals surface area contributed by atoms with E-state index in [1.165, 1.54) is 153 Å². The van der Waals surface area contributed by atoms with Crippen molar-refractivity contribution >= 4 is 57.6 Å². The van der Waals surface area contributed by atoms with E-state index in [1.807, 2.05) is 23.5 Å². The summed E-state index contributed by atoms with van der Waals surface area (Å²) in [5.74, 6) is 3.38. The Bertz CT molecular complexity index is 9140. The van der Waals surface area contributed by atoms with Crippen LogP contribution in [-0.4, -0.2) is 0 Å². The van der Waals surface area contributed by atoms with Crippen LogP contribution in [0.2, 0.25) is 0 Å². The van der Waals surface area contributed by atoms with Crippen LogP contribution >= 0.6 is 23.5 Å².